The molecule has 1 aromatic carbocycles. The fourth-order valence-corrected chi connectivity index (χ4v) is 1.99. The van der Waals surface area contributed by atoms with Gasteiger partial charge < -0.3 is 10.6 Å². The second-order valence-electron chi connectivity index (χ2n) is 4.71. The van der Waals surface area contributed by atoms with E-state index in [4.69, 9.17) is 5.73 Å². The first kappa shape index (κ1) is 17.9. The summed E-state index contributed by atoms with van der Waals surface area (Å²) in [6, 6.07) is 7.32. The fourth-order valence-electron chi connectivity index (χ4n) is 1.99. The molecule has 0 bridgehead atoms. The van der Waals surface area contributed by atoms with E-state index in [2.05, 4.69) is 13.8 Å². The minimum Gasteiger partial charge on any atom is -0.341 e. The molecule has 0 aromatic heterocycles. The highest BCUT2D eigenvalue weighted by molar-refractivity contribution is 5.85. The molecule has 0 aliphatic rings. The molecule has 0 aliphatic heterocycles. The molecule has 2 N–H and O–H groups in total. The first-order valence-corrected chi connectivity index (χ1v) is 6.71. The third-order valence-corrected chi connectivity index (χ3v) is 3.00. The molecular formula is C15H25ClN2O. The third-order valence-electron chi connectivity index (χ3n) is 3.00. The van der Waals surface area contributed by atoms with Crippen LogP contribution in [-0.2, 0) is 4.79 Å². The average Bonchev–Trinajstić information content (AvgIpc) is 2.38. The van der Waals surface area contributed by atoms with E-state index in [1.807, 2.05) is 36.1 Å². The number of aryl methyl sites for hydroxylation is 1. The molecule has 19 heavy (non-hydrogen) atoms. The molecule has 0 fully saturated rings. The third kappa shape index (κ3) is 5.21. The molecule has 0 saturated heterocycles. The molecule has 1 atom stereocenters. The van der Waals surface area contributed by atoms with E-state index in [-0.39, 0.29) is 18.3 Å². The van der Waals surface area contributed by atoms with Gasteiger partial charge in [0, 0.05) is 13.1 Å². The normalized spacial score (nSPS) is 11.6. The molecule has 1 amide bonds. The average molecular weight is 285 g/mol. The molecule has 0 aliphatic carbocycles. The van der Waals surface area contributed by atoms with Crippen molar-refractivity contribution in [2.75, 3.05) is 13.1 Å². The van der Waals surface area contributed by atoms with Crippen LogP contribution in [0.5, 0.6) is 0 Å². The molecule has 0 heterocycles. The van der Waals surface area contributed by atoms with Gasteiger partial charge in [0.05, 0.1) is 0 Å². The maximum atomic E-state index is 12.3. The van der Waals surface area contributed by atoms with Crippen molar-refractivity contribution in [2.45, 2.75) is 39.7 Å². The van der Waals surface area contributed by atoms with Crippen LogP contribution in [-0.4, -0.2) is 23.9 Å². The van der Waals surface area contributed by atoms with E-state index in [0.717, 1.165) is 31.5 Å². The van der Waals surface area contributed by atoms with E-state index in [9.17, 15) is 4.79 Å². The predicted molar refractivity (Wildman–Crippen MR) is 82.5 cm³/mol. The smallest absolute Gasteiger partial charge is 0.244 e. The number of hydrogen-bond donors (Lipinski definition) is 1. The minimum absolute atomic E-state index is 0. The van der Waals surface area contributed by atoms with Crippen LogP contribution in [0.2, 0.25) is 0 Å². The molecule has 1 aromatic rings. The van der Waals surface area contributed by atoms with Crippen LogP contribution in [0.1, 0.15) is 43.9 Å². The van der Waals surface area contributed by atoms with Crippen molar-refractivity contribution < 1.29 is 4.79 Å². The summed E-state index contributed by atoms with van der Waals surface area (Å²) < 4.78 is 0. The Morgan fingerprint density at radius 3 is 2.05 bits per heavy atom. The zero-order valence-corrected chi connectivity index (χ0v) is 12.9. The monoisotopic (exact) mass is 284 g/mol. The fraction of sp³-hybridized carbons (Fsp3) is 0.533. The van der Waals surface area contributed by atoms with Crippen molar-refractivity contribution in [3.63, 3.8) is 0 Å². The molecule has 0 spiro atoms. The highest BCUT2D eigenvalue weighted by Gasteiger charge is 2.21. The zero-order chi connectivity index (χ0) is 13.5. The Bertz CT molecular complexity index is 372. The van der Waals surface area contributed by atoms with E-state index in [0.29, 0.717) is 0 Å². The van der Waals surface area contributed by atoms with Gasteiger partial charge in [0.1, 0.15) is 6.04 Å². The topological polar surface area (TPSA) is 46.3 Å². The van der Waals surface area contributed by atoms with Gasteiger partial charge in [-0.3, -0.25) is 4.79 Å². The van der Waals surface area contributed by atoms with Crippen molar-refractivity contribution in [1.29, 1.82) is 0 Å². The van der Waals surface area contributed by atoms with Gasteiger partial charge in [0.2, 0.25) is 5.91 Å². The SMILES string of the molecule is CCCN(CCC)C(=O)C(N)c1ccc(C)cc1.Cl. The van der Waals surface area contributed by atoms with Gasteiger partial charge in [-0.2, -0.15) is 0 Å². The van der Waals surface area contributed by atoms with Gasteiger partial charge in [-0.25, -0.2) is 0 Å². The van der Waals surface area contributed by atoms with Crippen LogP contribution in [0, 0.1) is 6.92 Å². The molecular weight excluding hydrogens is 260 g/mol. The summed E-state index contributed by atoms with van der Waals surface area (Å²) in [5, 5.41) is 0. The lowest BCUT2D eigenvalue weighted by Gasteiger charge is -2.25. The van der Waals surface area contributed by atoms with E-state index in [1.165, 1.54) is 5.56 Å². The Hall–Kier alpha value is -1.06. The largest absolute Gasteiger partial charge is 0.341 e. The number of carbonyl (C=O) groups excluding carboxylic acids is 1. The van der Waals surface area contributed by atoms with Gasteiger partial charge in [-0.05, 0) is 25.3 Å². The second-order valence-corrected chi connectivity index (χ2v) is 4.71. The number of nitrogens with zero attached hydrogens (tertiary/aromatic N) is 1. The summed E-state index contributed by atoms with van der Waals surface area (Å²) in [5.74, 6) is 0.0301. The van der Waals surface area contributed by atoms with E-state index < -0.39 is 6.04 Å². The van der Waals surface area contributed by atoms with Gasteiger partial charge in [-0.1, -0.05) is 43.7 Å². The predicted octanol–water partition coefficient (Wildman–Crippen LogP) is 3.07. The Kier molecular flexibility index (Phi) is 8.44. The van der Waals surface area contributed by atoms with Crippen molar-refractivity contribution in [3.05, 3.63) is 35.4 Å². The molecule has 4 heteroatoms. The standard InChI is InChI=1S/C15H24N2O.ClH/c1-4-10-17(11-5-2)15(18)14(16)13-8-6-12(3)7-9-13;/h6-9,14H,4-5,10-11,16H2,1-3H3;1H. The molecule has 3 nitrogen and oxygen atoms in total. The summed E-state index contributed by atoms with van der Waals surface area (Å²) in [4.78, 5) is 14.2. The number of amides is 1. The summed E-state index contributed by atoms with van der Waals surface area (Å²) >= 11 is 0. The van der Waals surface area contributed by atoms with Gasteiger partial charge in [0.25, 0.3) is 0 Å². The molecule has 108 valence electrons. The van der Waals surface area contributed by atoms with Crippen LogP contribution in [0.15, 0.2) is 24.3 Å². The minimum atomic E-state index is -0.538. The van der Waals surface area contributed by atoms with Crippen LogP contribution >= 0.6 is 12.4 Å². The lowest BCUT2D eigenvalue weighted by molar-refractivity contribution is -0.132. The quantitative estimate of drug-likeness (QED) is 0.873. The first-order chi connectivity index (χ1) is 8.60. The van der Waals surface area contributed by atoms with Gasteiger partial charge in [-0.15, -0.1) is 12.4 Å². The van der Waals surface area contributed by atoms with Crippen molar-refractivity contribution >= 4 is 18.3 Å². The van der Waals surface area contributed by atoms with Gasteiger partial charge in [0.15, 0.2) is 0 Å². The summed E-state index contributed by atoms with van der Waals surface area (Å²) in [5.41, 5.74) is 8.13. The van der Waals surface area contributed by atoms with Crippen molar-refractivity contribution in [1.82, 2.24) is 4.90 Å². The Morgan fingerprint density at radius 1 is 1.16 bits per heavy atom. The Morgan fingerprint density at radius 2 is 1.63 bits per heavy atom. The number of rotatable bonds is 6. The Balaban J connectivity index is 0.00000324. The second kappa shape index (κ2) is 8.94. The zero-order valence-electron chi connectivity index (χ0n) is 12.1. The number of hydrogen-bond acceptors (Lipinski definition) is 2. The first-order valence-electron chi connectivity index (χ1n) is 6.71. The van der Waals surface area contributed by atoms with Crippen LogP contribution < -0.4 is 5.73 Å². The number of benzene rings is 1. The van der Waals surface area contributed by atoms with Crippen LogP contribution in [0.3, 0.4) is 0 Å². The van der Waals surface area contributed by atoms with Gasteiger partial charge >= 0.3 is 0 Å². The van der Waals surface area contributed by atoms with Crippen molar-refractivity contribution in [3.8, 4) is 0 Å². The maximum absolute atomic E-state index is 12.3. The summed E-state index contributed by atoms with van der Waals surface area (Å²) in [6.45, 7) is 7.75. The lowest BCUT2D eigenvalue weighted by Crippen LogP contribution is -2.39. The molecule has 0 radical (unpaired) electrons. The van der Waals surface area contributed by atoms with E-state index in [1.54, 1.807) is 0 Å². The number of carbonyl (C=O) groups is 1. The molecule has 1 rings (SSSR count). The number of nitrogens with two attached hydrogens (primary N) is 1. The number of halogens is 1. The Labute approximate surface area is 122 Å². The van der Waals surface area contributed by atoms with Crippen LogP contribution in [0.25, 0.3) is 0 Å². The van der Waals surface area contributed by atoms with E-state index >= 15 is 0 Å². The maximum Gasteiger partial charge on any atom is 0.244 e. The molecule has 1 unspecified atom stereocenters. The highest BCUT2D eigenvalue weighted by Crippen LogP contribution is 2.14. The van der Waals surface area contributed by atoms with Crippen LogP contribution in [0.4, 0.5) is 0 Å². The summed E-state index contributed by atoms with van der Waals surface area (Å²) in [6.07, 6.45) is 1.93. The molecule has 0 saturated carbocycles. The van der Waals surface area contributed by atoms with Crippen molar-refractivity contribution in [2.24, 2.45) is 5.73 Å². The lowest BCUT2D eigenvalue weighted by atomic mass is 10.0. The highest BCUT2D eigenvalue weighted by atomic mass is 35.5. The summed E-state index contributed by atoms with van der Waals surface area (Å²) in [7, 11) is 0.